The molecular formula is C20H37N5O2. The summed E-state index contributed by atoms with van der Waals surface area (Å²) in [6.45, 7) is 7.98. The second-order valence-electron chi connectivity index (χ2n) is 7.20. The van der Waals surface area contributed by atoms with Gasteiger partial charge in [0.1, 0.15) is 0 Å². The maximum atomic E-state index is 5.97. The predicted molar refractivity (Wildman–Crippen MR) is 109 cm³/mol. The van der Waals surface area contributed by atoms with Crippen molar-refractivity contribution < 1.29 is 9.47 Å². The molecule has 1 aliphatic rings. The van der Waals surface area contributed by atoms with Gasteiger partial charge in [-0.1, -0.05) is 19.3 Å². The minimum absolute atomic E-state index is 0.483. The first-order valence-corrected chi connectivity index (χ1v) is 10.2. The lowest BCUT2D eigenvalue weighted by molar-refractivity contribution is 0.0277. The summed E-state index contributed by atoms with van der Waals surface area (Å²) < 4.78 is 13.1. The Labute approximate surface area is 163 Å². The van der Waals surface area contributed by atoms with Gasteiger partial charge >= 0.3 is 0 Å². The van der Waals surface area contributed by atoms with Crippen molar-refractivity contribution in [3.8, 4) is 0 Å². The van der Waals surface area contributed by atoms with Gasteiger partial charge in [-0.25, -0.2) is 0 Å². The molecule has 154 valence electrons. The van der Waals surface area contributed by atoms with Crippen molar-refractivity contribution in [3.63, 3.8) is 0 Å². The van der Waals surface area contributed by atoms with E-state index in [0.717, 1.165) is 37.8 Å². The van der Waals surface area contributed by atoms with Crippen molar-refractivity contribution in [1.82, 2.24) is 20.4 Å². The Morgan fingerprint density at radius 1 is 1.19 bits per heavy atom. The molecule has 0 bridgehead atoms. The predicted octanol–water partition coefficient (Wildman–Crippen LogP) is 2.55. The molecular weight excluding hydrogens is 342 g/mol. The number of aryl methyl sites for hydroxylation is 1. The van der Waals surface area contributed by atoms with E-state index in [1.807, 2.05) is 11.6 Å². The molecule has 7 nitrogen and oxygen atoms in total. The molecule has 0 aromatic carbocycles. The monoisotopic (exact) mass is 379 g/mol. The van der Waals surface area contributed by atoms with Crippen LogP contribution >= 0.6 is 0 Å². The standard InChI is InChI=1S/C20H37N5O2/c1-16-19(17(2)25(24-16)12-14-26-4)15-23-20(21-3)22-11-8-13-27-18-9-6-5-7-10-18/h18H,5-15H2,1-4H3,(H2,21,22,23). The average Bonchev–Trinajstić information content (AvgIpc) is 2.96. The van der Waals surface area contributed by atoms with Crippen molar-refractivity contribution in [2.24, 2.45) is 4.99 Å². The summed E-state index contributed by atoms with van der Waals surface area (Å²) in [5.74, 6) is 0.816. The molecule has 1 heterocycles. The zero-order valence-electron chi connectivity index (χ0n) is 17.5. The highest BCUT2D eigenvalue weighted by Gasteiger charge is 2.13. The largest absolute Gasteiger partial charge is 0.383 e. The van der Waals surface area contributed by atoms with Crippen molar-refractivity contribution in [2.75, 3.05) is 33.9 Å². The molecule has 1 aliphatic carbocycles. The second-order valence-corrected chi connectivity index (χ2v) is 7.20. The Morgan fingerprint density at radius 3 is 2.67 bits per heavy atom. The van der Waals surface area contributed by atoms with Crippen LogP contribution in [0.1, 0.15) is 55.5 Å². The van der Waals surface area contributed by atoms with Gasteiger partial charge in [0.25, 0.3) is 0 Å². The van der Waals surface area contributed by atoms with Crippen LogP contribution in [0.25, 0.3) is 0 Å². The summed E-state index contributed by atoms with van der Waals surface area (Å²) in [5, 5.41) is 11.4. The lowest BCUT2D eigenvalue weighted by Gasteiger charge is -2.22. The first-order valence-electron chi connectivity index (χ1n) is 10.2. The van der Waals surface area contributed by atoms with Gasteiger partial charge in [0.15, 0.2) is 5.96 Å². The molecule has 0 amide bonds. The van der Waals surface area contributed by atoms with E-state index in [-0.39, 0.29) is 0 Å². The van der Waals surface area contributed by atoms with Crippen LogP contribution in [-0.4, -0.2) is 55.8 Å². The molecule has 2 rings (SSSR count). The van der Waals surface area contributed by atoms with E-state index in [0.29, 0.717) is 19.3 Å². The fourth-order valence-electron chi connectivity index (χ4n) is 3.54. The summed E-state index contributed by atoms with van der Waals surface area (Å²) in [5.41, 5.74) is 3.44. The number of ether oxygens (including phenoxy) is 2. The van der Waals surface area contributed by atoms with Gasteiger partial charge in [-0.3, -0.25) is 9.67 Å². The number of nitrogens with one attached hydrogen (secondary N) is 2. The summed E-state index contributed by atoms with van der Waals surface area (Å²) in [4.78, 5) is 4.31. The average molecular weight is 380 g/mol. The van der Waals surface area contributed by atoms with Crippen LogP contribution in [0.15, 0.2) is 4.99 Å². The van der Waals surface area contributed by atoms with E-state index in [9.17, 15) is 0 Å². The van der Waals surface area contributed by atoms with Gasteiger partial charge in [-0.05, 0) is 33.1 Å². The molecule has 7 heteroatoms. The Hall–Kier alpha value is -1.60. The third-order valence-electron chi connectivity index (χ3n) is 5.21. The molecule has 0 spiro atoms. The maximum Gasteiger partial charge on any atom is 0.191 e. The molecule has 1 fully saturated rings. The second kappa shape index (κ2) is 12.0. The lowest BCUT2D eigenvalue weighted by Crippen LogP contribution is -2.37. The molecule has 27 heavy (non-hydrogen) atoms. The number of hydrogen-bond donors (Lipinski definition) is 2. The number of methoxy groups -OCH3 is 1. The van der Waals surface area contributed by atoms with Crippen LogP contribution in [0, 0.1) is 13.8 Å². The van der Waals surface area contributed by atoms with Gasteiger partial charge in [0, 0.05) is 45.1 Å². The molecule has 0 saturated heterocycles. The number of aromatic nitrogens is 2. The van der Waals surface area contributed by atoms with E-state index >= 15 is 0 Å². The van der Waals surface area contributed by atoms with Crippen molar-refractivity contribution in [1.29, 1.82) is 0 Å². The van der Waals surface area contributed by atoms with Gasteiger partial charge < -0.3 is 20.1 Å². The van der Waals surface area contributed by atoms with Gasteiger partial charge in [-0.15, -0.1) is 0 Å². The van der Waals surface area contributed by atoms with Gasteiger partial charge in [0.2, 0.25) is 0 Å². The van der Waals surface area contributed by atoms with Crippen LogP contribution in [0.3, 0.4) is 0 Å². The highest BCUT2D eigenvalue weighted by Crippen LogP contribution is 2.20. The van der Waals surface area contributed by atoms with Gasteiger partial charge in [0.05, 0.1) is 24.9 Å². The summed E-state index contributed by atoms with van der Waals surface area (Å²) in [6, 6.07) is 0. The molecule has 1 aromatic rings. The number of rotatable bonds is 10. The quantitative estimate of drug-likeness (QED) is 0.371. The highest BCUT2D eigenvalue weighted by atomic mass is 16.5. The highest BCUT2D eigenvalue weighted by molar-refractivity contribution is 5.79. The first-order chi connectivity index (χ1) is 13.2. The third-order valence-corrected chi connectivity index (χ3v) is 5.21. The van der Waals surface area contributed by atoms with Crippen molar-refractivity contribution >= 4 is 5.96 Å². The Morgan fingerprint density at radius 2 is 1.96 bits per heavy atom. The molecule has 0 aliphatic heterocycles. The molecule has 1 saturated carbocycles. The summed E-state index contributed by atoms with van der Waals surface area (Å²) >= 11 is 0. The van der Waals surface area contributed by atoms with E-state index in [2.05, 4.69) is 27.6 Å². The Bertz CT molecular complexity index is 579. The summed E-state index contributed by atoms with van der Waals surface area (Å²) in [6.07, 6.45) is 7.94. The van der Waals surface area contributed by atoms with E-state index in [4.69, 9.17) is 9.47 Å². The number of hydrogen-bond acceptors (Lipinski definition) is 4. The van der Waals surface area contributed by atoms with E-state index < -0.39 is 0 Å². The van der Waals surface area contributed by atoms with Crippen molar-refractivity contribution in [2.45, 2.75) is 71.6 Å². The zero-order chi connectivity index (χ0) is 19.5. The van der Waals surface area contributed by atoms with Gasteiger partial charge in [-0.2, -0.15) is 5.10 Å². The normalized spacial score (nSPS) is 15.9. The SMILES string of the molecule is CN=C(NCCCOC1CCCCC1)NCc1c(C)nn(CCOC)c1C. The summed E-state index contributed by atoms with van der Waals surface area (Å²) in [7, 11) is 3.51. The molecule has 2 N–H and O–H groups in total. The van der Waals surface area contributed by atoms with E-state index in [1.165, 1.54) is 43.4 Å². The van der Waals surface area contributed by atoms with Crippen LogP contribution in [-0.2, 0) is 22.6 Å². The zero-order valence-corrected chi connectivity index (χ0v) is 17.5. The molecule has 0 unspecified atom stereocenters. The van der Waals surface area contributed by atoms with Crippen LogP contribution in [0.2, 0.25) is 0 Å². The Kier molecular flexibility index (Phi) is 9.62. The number of aliphatic imine (C=N–C) groups is 1. The lowest BCUT2D eigenvalue weighted by atomic mass is 9.98. The van der Waals surface area contributed by atoms with Crippen molar-refractivity contribution in [3.05, 3.63) is 17.0 Å². The minimum atomic E-state index is 0.483. The number of guanidine groups is 1. The Balaban J connectivity index is 1.68. The van der Waals surface area contributed by atoms with Crippen LogP contribution in [0.5, 0.6) is 0 Å². The third kappa shape index (κ3) is 7.14. The first kappa shape index (κ1) is 21.7. The minimum Gasteiger partial charge on any atom is -0.383 e. The number of nitrogens with zero attached hydrogens (tertiary/aromatic N) is 3. The van der Waals surface area contributed by atoms with Crippen LogP contribution in [0.4, 0.5) is 0 Å². The fourth-order valence-corrected chi connectivity index (χ4v) is 3.54. The topological polar surface area (TPSA) is 72.7 Å². The molecule has 0 radical (unpaired) electrons. The smallest absolute Gasteiger partial charge is 0.191 e. The molecule has 1 aromatic heterocycles. The van der Waals surface area contributed by atoms with E-state index in [1.54, 1.807) is 14.2 Å². The maximum absolute atomic E-state index is 5.97. The fraction of sp³-hybridized carbons (Fsp3) is 0.800. The molecule has 0 atom stereocenters. The van der Waals surface area contributed by atoms with Crippen LogP contribution < -0.4 is 10.6 Å².